The van der Waals surface area contributed by atoms with Gasteiger partial charge in [0.2, 0.25) is 5.89 Å². The molecule has 2 unspecified atom stereocenters. The van der Waals surface area contributed by atoms with Crippen LogP contribution < -0.4 is 5.73 Å². The van der Waals surface area contributed by atoms with Crippen molar-refractivity contribution < 1.29 is 4.52 Å². The van der Waals surface area contributed by atoms with Crippen molar-refractivity contribution in [1.29, 1.82) is 0 Å². The molecular weight excluding hydrogens is 262 g/mol. The van der Waals surface area contributed by atoms with Gasteiger partial charge in [0, 0.05) is 12.5 Å². The van der Waals surface area contributed by atoms with Gasteiger partial charge in [-0.3, -0.25) is 0 Å². The molecule has 4 nitrogen and oxygen atoms in total. The van der Waals surface area contributed by atoms with Crippen molar-refractivity contribution in [3.63, 3.8) is 0 Å². The minimum Gasteiger partial charge on any atom is -0.339 e. The van der Waals surface area contributed by atoms with Crippen LogP contribution in [0.25, 0.3) is 0 Å². The molecule has 0 aliphatic heterocycles. The maximum Gasteiger partial charge on any atom is 0.231 e. The molecule has 2 atom stereocenters. The second-order valence-electron chi connectivity index (χ2n) is 6.34. The van der Waals surface area contributed by atoms with Crippen LogP contribution in [0.2, 0.25) is 0 Å². The first-order chi connectivity index (χ1) is 10.2. The lowest BCUT2D eigenvalue weighted by molar-refractivity contribution is 0.331. The van der Waals surface area contributed by atoms with Gasteiger partial charge in [-0.1, -0.05) is 43.3 Å². The number of aromatic nitrogens is 2. The molecule has 2 aromatic rings. The molecule has 112 valence electrons. The summed E-state index contributed by atoms with van der Waals surface area (Å²) >= 11 is 0. The zero-order valence-electron chi connectivity index (χ0n) is 12.7. The summed E-state index contributed by atoms with van der Waals surface area (Å²) in [4.78, 5) is 4.66. The molecule has 0 radical (unpaired) electrons. The smallest absolute Gasteiger partial charge is 0.231 e. The summed E-state index contributed by atoms with van der Waals surface area (Å²) in [6, 6.07) is 8.55. The van der Waals surface area contributed by atoms with Crippen molar-refractivity contribution in [2.75, 3.05) is 6.54 Å². The Hall–Kier alpha value is -1.68. The van der Waals surface area contributed by atoms with E-state index in [0.29, 0.717) is 18.4 Å². The highest BCUT2D eigenvalue weighted by Crippen LogP contribution is 2.37. The minimum absolute atomic E-state index is 0.169. The monoisotopic (exact) mass is 285 g/mol. The van der Waals surface area contributed by atoms with Crippen LogP contribution in [0.1, 0.15) is 61.4 Å². The van der Waals surface area contributed by atoms with E-state index in [1.165, 1.54) is 11.1 Å². The zero-order chi connectivity index (χ0) is 14.8. The van der Waals surface area contributed by atoms with E-state index in [0.717, 1.165) is 25.1 Å². The molecule has 0 fully saturated rings. The number of hydrogen-bond acceptors (Lipinski definition) is 4. The van der Waals surface area contributed by atoms with Gasteiger partial charge < -0.3 is 10.3 Å². The van der Waals surface area contributed by atoms with E-state index >= 15 is 0 Å². The molecule has 2 N–H and O–H groups in total. The third-order valence-electron chi connectivity index (χ3n) is 4.29. The first-order valence-electron chi connectivity index (χ1n) is 7.80. The molecule has 0 saturated carbocycles. The van der Waals surface area contributed by atoms with Crippen molar-refractivity contribution >= 4 is 0 Å². The lowest BCUT2D eigenvalue weighted by atomic mass is 9.97. The number of fused-ring (bicyclic) bond motifs is 1. The van der Waals surface area contributed by atoms with Gasteiger partial charge in [0.1, 0.15) is 0 Å². The number of aryl methyl sites for hydroxylation is 1. The van der Waals surface area contributed by atoms with E-state index in [2.05, 4.69) is 48.3 Å². The van der Waals surface area contributed by atoms with Gasteiger partial charge in [0.25, 0.3) is 0 Å². The molecule has 21 heavy (non-hydrogen) atoms. The van der Waals surface area contributed by atoms with Gasteiger partial charge in [0.15, 0.2) is 5.82 Å². The molecule has 0 bridgehead atoms. The fourth-order valence-corrected chi connectivity index (χ4v) is 3.25. The van der Waals surface area contributed by atoms with Crippen LogP contribution in [-0.4, -0.2) is 16.7 Å². The van der Waals surface area contributed by atoms with Crippen LogP contribution in [0.15, 0.2) is 28.8 Å². The lowest BCUT2D eigenvalue weighted by Gasteiger charge is -2.12. The van der Waals surface area contributed by atoms with Crippen molar-refractivity contribution in [2.24, 2.45) is 11.7 Å². The summed E-state index contributed by atoms with van der Waals surface area (Å²) in [5, 5.41) is 4.23. The van der Waals surface area contributed by atoms with E-state index in [1.807, 2.05) is 0 Å². The van der Waals surface area contributed by atoms with Crippen molar-refractivity contribution in [2.45, 2.75) is 44.9 Å². The highest BCUT2D eigenvalue weighted by Gasteiger charge is 2.29. The first kappa shape index (κ1) is 14.3. The lowest BCUT2D eigenvalue weighted by Crippen LogP contribution is -2.15. The Kier molecular flexibility index (Phi) is 4.06. The van der Waals surface area contributed by atoms with Crippen LogP contribution >= 0.6 is 0 Å². The molecule has 1 heterocycles. The van der Waals surface area contributed by atoms with E-state index in [4.69, 9.17) is 10.3 Å². The van der Waals surface area contributed by atoms with Crippen LogP contribution in [0, 0.1) is 5.92 Å². The average Bonchev–Trinajstić information content (AvgIpc) is 3.10. The summed E-state index contributed by atoms with van der Waals surface area (Å²) in [5.74, 6) is 2.53. The predicted octanol–water partition coefficient (Wildman–Crippen LogP) is 3.24. The number of rotatable bonds is 5. The van der Waals surface area contributed by atoms with Crippen LogP contribution in [0.5, 0.6) is 0 Å². The summed E-state index contributed by atoms with van der Waals surface area (Å²) in [7, 11) is 0. The quantitative estimate of drug-likeness (QED) is 0.916. The molecule has 1 aliphatic carbocycles. The molecule has 0 spiro atoms. The SMILES string of the molecule is CC(C)CC(CN)c1nc(C2CCc3ccccc32)no1. The van der Waals surface area contributed by atoms with Gasteiger partial charge >= 0.3 is 0 Å². The van der Waals surface area contributed by atoms with Crippen molar-refractivity contribution in [3.8, 4) is 0 Å². The summed E-state index contributed by atoms with van der Waals surface area (Å²) < 4.78 is 5.50. The van der Waals surface area contributed by atoms with E-state index in [9.17, 15) is 0 Å². The molecule has 1 aliphatic rings. The number of nitrogens with two attached hydrogens (primary N) is 1. The first-order valence-corrected chi connectivity index (χ1v) is 7.80. The number of hydrogen-bond donors (Lipinski definition) is 1. The van der Waals surface area contributed by atoms with Crippen LogP contribution in [-0.2, 0) is 6.42 Å². The standard InChI is InChI=1S/C17H23N3O/c1-11(2)9-13(10-18)17-19-16(20-21-17)15-8-7-12-5-3-4-6-14(12)15/h3-6,11,13,15H,7-10,18H2,1-2H3. The van der Waals surface area contributed by atoms with E-state index < -0.39 is 0 Å². The van der Waals surface area contributed by atoms with Crippen LogP contribution in [0.4, 0.5) is 0 Å². The maximum atomic E-state index is 5.86. The number of benzene rings is 1. The molecule has 0 saturated heterocycles. The maximum absolute atomic E-state index is 5.86. The zero-order valence-corrected chi connectivity index (χ0v) is 12.7. The van der Waals surface area contributed by atoms with Gasteiger partial charge in [-0.2, -0.15) is 4.98 Å². The summed E-state index contributed by atoms with van der Waals surface area (Å²) in [5.41, 5.74) is 8.62. The summed E-state index contributed by atoms with van der Waals surface area (Å²) in [6.07, 6.45) is 3.15. The summed E-state index contributed by atoms with van der Waals surface area (Å²) in [6.45, 7) is 4.93. The number of nitrogens with zero attached hydrogens (tertiary/aromatic N) is 2. The Morgan fingerprint density at radius 3 is 2.90 bits per heavy atom. The second-order valence-corrected chi connectivity index (χ2v) is 6.34. The average molecular weight is 285 g/mol. The largest absolute Gasteiger partial charge is 0.339 e. The highest BCUT2D eigenvalue weighted by atomic mass is 16.5. The fraction of sp³-hybridized carbons (Fsp3) is 0.529. The molecule has 0 amide bonds. The Morgan fingerprint density at radius 2 is 2.14 bits per heavy atom. The normalized spacial score (nSPS) is 19.0. The Labute approximate surface area is 125 Å². The molecule has 4 heteroatoms. The topological polar surface area (TPSA) is 64.9 Å². The Balaban J connectivity index is 1.83. The van der Waals surface area contributed by atoms with E-state index in [1.54, 1.807) is 0 Å². The Morgan fingerprint density at radius 1 is 1.33 bits per heavy atom. The highest BCUT2D eigenvalue weighted by molar-refractivity contribution is 5.38. The second kappa shape index (κ2) is 5.98. The predicted molar refractivity (Wildman–Crippen MR) is 82.2 cm³/mol. The van der Waals surface area contributed by atoms with Gasteiger partial charge in [-0.05, 0) is 36.3 Å². The molecular formula is C17H23N3O. The fourth-order valence-electron chi connectivity index (χ4n) is 3.25. The van der Waals surface area contributed by atoms with Crippen LogP contribution in [0.3, 0.4) is 0 Å². The Bertz CT molecular complexity index is 606. The van der Waals surface area contributed by atoms with Crippen molar-refractivity contribution in [3.05, 3.63) is 47.1 Å². The van der Waals surface area contributed by atoms with Gasteiger partial charge in [-0.15, -0.1) is 0 Å². The molecule has 1 aromatic carbocycles. The van der Waals surface area contributed by atoms with E-state index in [-0.39, 0.29) is 11.8 Å². The third kappa shape index (κ3) is 2.86. The van der Waals surface area contributed by atoms with Gasteiger partial charge in [-0.25, -0.2) is 0 Å². The molecule has 1 aromatic heterocycles. The molecule has 3 rings (SSSR count). The van der Waals surface area contributed by atoms with Gasteiger partial charge in [0.05, 0.1) is 5.92 Å². The van der Waals surface area contributed by atoms with Crippen molar-refractivity contribution in [1.82, 2.24) is 10.1 Å². The third-order valence-corrected chi connectivity index (χ3v) is 4.29. The minimum atomic E-state index is 0.169.